The van der Waals surface area contributed by atoms with E-state index in [1.165, 1.54) is 17.7 Å². The van der Waals surface area contributed by atoms with Crippen molar-refractivity contribution in [3.8, 4) is 95.0 Å². The number of rotatable bonds is 1. The lowest BCUT2D eigenvalue weighted by molar-refractivity contribution is -0.674. The van der Waals surface area contributed by atoms with Crippen LogP contribution in [0.15, 0.2) is 24.3 Å². The van der Waals surface area contributed by atoms with Crippen molar-refractivity contribution in [3.63, 3.8) is 0 Å². The molecule has 0 radical (unpaired) electrons. The van der Waals surface area contributed by atoms with Gasteiger partial charge in [0.05, 0.1) is 25.0 Å². The predicted octanol–water partition coefficient (Wildman–Crippen LogP) is 2.05. The van der Waals surface area contributed by atoms with Crippen molar-refractivity contribution in [2.75, 3.05) is 0 Å². The molecular formula is C29H16N+3. The topological polar surface area (TPSA) is 4.44 Å². The SMILES string of the molecule is [CH+]=CC#CC#CC#CC#C[NH+](C#CC#CC#CC#CC=[CH+])c1c(C)cc(C)cc1C. The van der Waals surface area contributed by atoms with Crippen LogP contribution in [0.2, 0.25) is 0 Å². The van der Waals surface area contributed by atoms with E-state index in [1.807, 2.05) is 20.8 Å². The molecule has 0 heterocycles. The molecule has 0 aliphatic heterocycles. The van der Waals surface area contributed by atoms with Gasteiger partial charge in [0.2, 0.25) is 12.2 Å². The van der Waals surface area contributed by atoms with Gasteiger partial charge in [0.1, 0.15) is 11.8 Å². The summed E-state index contributed by atoms with van der Waals surface area (Å²) < 4.78 is 0. The Labute approximate surface area is 180 Å². The van der Waals surface area contributed by atoms with Gasteiger partial charge < -0.3 is 0 Å². The summed E-state index contributed by atoms with van der Waals surface area (Å²) in [5, 5.41) is 0. The van der Waals surface area contributed by atoms with E-state index in [0.29, 0.717) is 4.90 Å². The van der Waals surface area contributed by atoms with Gasteiger partial charge >= 0.3 is 0 Å². The van der Waals surface area contributed by atoms with Crippen LogP contribution in [-0.2, 0) is 0 Å². The Morgan fingerprint density at radius 2 is 0.967 bits per heavy atom. The fourth-order valence-corrected chi connectivity index (χ4v) is 2.32. The molecule has 1 rings (SSSR count). The first-order valence-corrected chi connectivity index (χ1v) is 8.65. The van der Waals surface area contributed by atoms with E-state index in [0.717, 1.165) is 16.8 Å². The summed E-state index contributed by atoms with van der Waals surface area (Å²) in [5.41, 5.74) is 4.29. The lowest BCUT2D eigenvalue weighted by Gasteiger charge is -2.10. The maximum Gasteiger partial charge on any atom is 0.222 e. The van der Waals surface area contributed by atoms with Crippen LogP contribution in [0, 0.1) is 129 Å². The van der Waals surface area contributed by atoms with Crippen LogP contribution in [0.5, 0.6) is 0 Å². The summed E-state index contributed by atoms with van der Waals surface area (Å²) in [5.74, 6) is 36.5. The summed E-state index contributed by atoms with van der Waals surface area (Å²) in [6, 6.07) is 10.2. The minimum absolute atomic E-state index is 0.629. The fraction of sp³-hybridized carbons (Fsp3) is 0.103. The quantitative estimate of drug-likeness (QED) is 0.564. The number of nitrogens with one attached hydrogen (secondary N) is 1. The molecule has 1 heteroatoms. The Morgan fingerprint density at radius 1 is 0.600 bits per heavy atom. The Bertz CT molecular complexity index is 1240. The van der Waals surface area contributed by atoms with Gasteiger partial charge in [-0.2, -0.15) is 0 Å². The number of quaternary nitrogens is 1. The fourth-order valence-electron chi connectivity index (χ4n) is 2.32. The molecule has 0 aliphatic carbocycles. The van der Waals surface area contributed by atoms with Crippen LogP contribution in [0.25, 0.3) is 0 Å². The van der Waals surface area contributed by atoms with Gasteiger partial charge in [-0.05, 0) is 20.8 Å². The molecule has 0 spiro atoms. The first kappa shape index (κ1) is 23.0. The molecule has 30 heavy (non-hydrogen) atoms. The minimum atomic E-state index is 0.629. The molecule has 1 aromatic rings. The monoisotopic (exact) mass is 378 g/mol. The van der Waals surface area contributed by atoms with E-state index >= 15 is 0 Å². The Morgan fingerprint density at radius 3 is 1.37 bits per heavy atom. The minimum Gasteiger partial charge on any atom is -0.148 e. The Balaban J connectivity index is 3.24. The van der Waals surface area contributed by atoms with E-state index in [1.54, 1.807) is 0 Å². The third-order valence-corrected chi connectivity index (χ3v) is 3.24. The van der Waals surface area contributed by atoms with Gasteiger partial charge in [-0.1, -0.05) is 17.7 Å². The predicted molar refractivity (Wildman–Crippen MR) is 121 cm³/mol. The second kappa shape index (κ2) is 14.1. The number of hydrogen-bond donors (Lipinski definition) is 1. The third-order valence-electron chi connectivity index (χ3n) is 3.24. The van der Waals surface area contributed by atoms with Crippen molar-refractivity contribution in [1.29, 1.82) is 0 Å². The second-order valence-electron chi connectivity index (χ2n) is 5.52. The second-order valence-corrected chi connectivity index (χ2v) is 5.52. The van der Waals surface area contributed by atoms with Crippen LogP contribution in [-0.4, -0.2) is 0 Å². The number of hydrogen-bond acceptors (Lipinski definition) is 0. The number of benzene rings is 1. The zero-order valence-electron chi connectivity index (χ0n) is 17.0. The molecule has 1 N–H and O–H groups in total. The number of aryl methyl sites for hydroxylation is 3. The van der Waals surface area contributed by atoms with Crippen LogP contribution in [0.1, 0.15) is 16.7 Å². The summed E-state index contributed by atoms with van der Waals surface area (Å²) in [4.78, 5) is 0.629. The van der Waals surface area contributed by atoms with Crippen molar-refractivity contribution in [2.24, 2.45) is 0 Å². The standard InChI is InChI=1S/C29H15N/c1-6-8-10-12-14-16-18-20-22-30(23-21-19-17-15-13-11-9-7-2)29-27(4)24-26(3)25-28(29)5/h1-2,6-7,24-25H,3-5H3/q+2/p+1. The molecule has 0 aliphatic rings. The van der Waals surface area contributed by atoms with Gasteiger partial charge in [0.25, 0.3) is 0 Å². The molecule has 0 saturated heterocycles. The van der Waals surface area contributed by atoms with Crippen LogP contribution < -0.4 is 4.90 Å². The molecule has 0 fully saturated rings. The molecule has 134 valence electrons. The van der Waals surface area contributed by atoms with Crippen molar-refractivity contribution in [1.82, 2.24) is 0 Å². The largest absolute Gasteiger partial charge is 0.222 e. The Kier molecular flexibility index (Phi) is 10.8. The first-order valence-electron chi connectivity index (χ1n) is 8.65. The molecule has 0 unspecified atom stereocenters. The van der Waals surface area contributed by atoms with Gasteiger partial charge in [0.15, 0.2) is 29.6 Å². The van der Waals surface area contributed by atoms with E-state index < -0.39 is 0 Å². The molecular weight excluding hydrogens is 362 g/mol. The van der Waals surface area contributed by atoms with Gasteiger partial charge in [-0.3, -0.25) is 0 Å². The van der Waals surface area contributed by atoms with E-state index in [9.17, 15) is 0 Å². The lowest BCUT2D eigenvalue weighted by Crippen LogP contribution is -2.99. The molecule has 1 aromatic carbocycles. The zero-order chi connectivity index (χ0) is 22.0. The molecule has 0 amide bonds. The average molecular weight is 378 g/mol. The van der Waals surface area contributed by atoms with Crippen LogP contribution in [0.4, 0.5) is 5.69 Å². The molecule has 0 saturated carbocycles. The van der Waals surface area contributed by atoms with Crippen molar-refractivity contribution >= 4 is 5.69 Å². The maximum absolute atomic E-state index is 5.13. The third kappa shape index (κ3) is 9.06. The Hall–Kier alpha value is -5.04. The maximum atomic E-state index is 5.13. The van der Waals surface area contributed by atoms with E-state index in [-0.39, 0.29) is 0 Å². The highest BCUT2D eigenvalue weighted by Crippen LogP contribution is 2.17. The lowest BCUT2D eigenvalue weighted by atomic mass is 10.0. The van der Waals surface area contributed by atoms with Crippen LogP contribution >= 0.6 is 0 Å². The molecule has 1 nitrogen and oxygen atoms in total. The normalized spacial score (nSPS) is 7.77. The van der Waals surface area contributed by atoms with Gasteiger partial charge in [-0.15, -0.1) is 4.90 Å². The smallest absolute Gasteiger partial charge is 0.148 e. The highest BCUT2D eigenvalue weighted by Gasteiger charge is 2.15. The average Bonchev–Trinajstić information content (AvgIpc) is 2.70. The molecule has 0 bridgehead atoms. The van der Waals surface area contributed by atoms with E-state index in [2.05, 4.69) is 107 Å². The van der Waals surface area contributed by atoms with Gasteiger partial charge in [0, 0.05) is 58.5 Å². The number of allylic oxidation sites excluding steroid dienone is 2. The van der Waals surface area contributed by atoms with Crippen molar-refractivity contribution < 1.29 is 4.90 Å². The molecule has 0 aromatic heterocycles. The summed E-state index contributed by atoms with van der Waals surface area (Å²) in [6.07, 6.45) is 2.43. The molecule has 0 atom stereocenters. The highest BCUT2D eigenvalue weighted by atomic mass is 15.1. The zero-order valence-corrected chi connectivity index (χ0v) is 17.0. The summed E-state index contributed by atoms with van der Waals surface area (Å²) in [7, 11) is 0. The van der Waals surface area contributed by atoms with Crippen LogP contribution in [0.3, 0.4) is 0 Å². The van der Waals surface area contributed by atoms with E-state index in [4.69, 9.17) is 13.2 Å². The highest BCUT2D eigenvalue weighted by molar-refractivity contribution is 5.50. The summed E-state index contributed by atoms with van der Waals surface area (Å²) in [6.45, 7) is 16.3. The van der Waals surface area contributed by atoms with Gasteiger partial charge in [-0.25, -0.2) is 0 Å². The first-order chi connectivity index (χ1) is 14.6. The van der Waals surface area contributed by atoms with Crippen molar-refractivity contribution in [2.45, 2.75) is 20.8 Å². The summed E-state index contributed by atoms with van der Waals surface area (Å²) >= 11 is 0. The van der Waals surface area contributed by atoms with Crippen molar-refractivity contribution in [3.05, 3.63) is 54.1 Å².